The molecule has 0 saturated heterocycles. The van der Waals surface area contributed by atoms with Crippen LogP contribution in [0.25, 0.3) is 0 Å². The van der Waals surface area contributed by atoms with Gasteiger partial charge in [0.1, 0.15) is 12.4 Å². The molecule has 0 bridgehead atoms. The van der Waals surface area contributed by atoms with Crippen LogP contribution in [-0.2, 0) is 0 Å². The minimum absolute atomic E-state index is 0.0774. The van der Waals surface area contributed by atoms with Gasteiger partial charge < -0.3 is 5.32 Å². The zero-order chi connectivity index (χ0) is 13.0. The molecule has 1 aromatic rings. The van der Waals surface area contributed by atoms with Gasteiger partial charge in [0.15, 0.2) is 0 Å². The molecule has 2 unspecified atom stereocenters. The van der Waals surface area contributed by atoms with Gasteiger partial charge in [-0.25, -0.2) is 9.97 Å². The fraction of sp³-hybridized carbons (Fsp3) is 0.636. The Hall–Kier alpha value is -1.37. The number of aromatic nitrogens is 2. The first kappa shape index (κ1) is 13.1. The number of hydrogen-bond donors (Lipinski definition) is 1. The highest BCUT2D eigenvalue weighted by molar-refractivity contribution is 7.99. The average Bonchev–Trinajstić information content (AvgIpc) is 2.78. The molecule has 0 aliphatic heterocycles. The van der Waals surface area contributed by atoms with E-state index in [1.807, 2.05) is 11.8 Å². The highest BCUT2D eigenvalue weighted by atomic mass is 32.2. The third kappa shape index (κ3) is 3.32. The summed E-state index contributed by atoms with van der Waals surface area (Å²) in [5, 5.41) is 14.4. The molecule has 0 amide bonds. The maximum Gasteiger partial charge on any atom is 0.305 e. The first-order chi connectivity index (χ1) is 8.69. The molecular weight excluding hydrogens is 252 g/mol. The average molecular weight is 268 g/mol. The number of thioether (sulfide) groups is 1. The normalized spacial score (nSPS) is 22.9. The third-order valence-electron chi connectivity index (χ3n) is 2.97. The number of hydrogen-bond acceptors (Lipinski definition) is 6. The van der Waals surface area contributed by atoms with Crippen molar-refractivity contribution in [2.75, 3.05) is 11.1 Å². The molecule has 18 heavy (non-hydrogen) atoms. The van der Waals surface area contributed by atoms with E-state index in [0.29, 0.717) is 17.2 Å². The second-order valence-corrected chi connectivity index (χ2v) is 5.83. The third-order valence-corrected chi connectivity index (χ3v) is 4.20. The molecule has 1 aliphatic carbocycles. The summed E-state index contributed by atoms with van der Waals surface area (Å²) < 4.78 is 0. The number of nitro groups is 1. The molecule has 1 heterocycles. The second-order valence-electron chi connectivity index (χ2n) is 4.25. The summed E-state index contributed by atoms with van der Waals surface area (Å²) in [7, 11) is 0. The second kappa shape index (κ2) is 5.99. The van der Waals surface area contributed by atoms with Crippen LogP contribution < -0.4 is 5.32 Å². The first-order valence-electron chi connectivity index (χ1n) is 6.03. The number of nitrogens with one attached hydrogen (secondary N) is 1. The van der Waals surface area contributed by atoms with Gasteiger partial charge in [-0.05, 0) is 25.0 Å². The summed E-state index contributed by atoms with van der Waals surface area (Å²) in [4.78, 5) is 17.9. The molecule has 1 fully saturated rings. The van der Waals surface area contributed by atoms with Crippen molar-refractivity contribution in [3.63, 3.8) is 0 Å². The van der Waals surface area contributed by atoms with Crippen molar-refractivity contribution >= 4 is 23.4 Å². The monoisotopic (exact) mass is 268 g/mol. The van der Waals surface area contributed by atoms with Crippen molar-refractivity contribution in [3.05, 3.63) is 22.5 Å². The molecule has 1 aliphatic rings. The van der Waals surface area contributed by atoms with Gasteiger partial charge in [-0.1, -0.05) is 6.92 Å². The summed E-state index contributed by atoms with van der Waals surface area (Å²) in [6, 6.07) is 0.385. The van der Waals surface area contributed by atoms with Gasteiger partial charge in [0.25, 0.3) is 0 Å². The molecule has 0 radical (unpaired) electrons. The minimum Gasteiger partial charge on any atom is -0.351 e. The lowest BCUT2D eigenvalue weighted by atomic mass is 10.2. The van der Waals surface area contributed by atoms with E-state index in [9.17, 15) is 10.1 Å². The van der Waals surface area contributed by atoms with E-state index in [4.69, 9.17) is 0 Å². The van der Waals surface area contributed by atoms with E-state index in [1.54, 1.807) is 0 Å². The molecule has 98 valence electrons. The summed E-state index contributed by atoms with van der Waals surface area (Å²) in [5.74, 6) is 1.62. The highest BCUT2D eigenvalue weighted by Crippen LogP contribution is 2.30. The van der Waals surface area contributed by atoms with Crippen molar-refractivity contribution in [2.45, 2.75) is 37.5 Å². The summed E-state index contributed by atoms with van der Waals surface area (Å²) in [6.07, 6.45) is 5.91. The molecule has 2 rings (SSSR count). The molecule has 1 saturated carbocycles. The predicted molar refractivity (Wildman–Crippen MR) is 71.9 cm³/mol. The van der Waals surface area contributed by atoms with Crippen LogP contribution in [0.3, 0.4) is 0 Å². The van der Waals surface area contributed by atoms with Crippen LogP contribution in [0.15, 0.2) is 12.4 Å². The van der Waals surface area contributed by atoms with Crippen molar-refractivity contribution in [2.24, 2.45) is 0 Å². The molecule has 0 spiro atoms. The first-order valence-corrected chi connectivity index (χ1v) is 7.08. The zero-order valence-corrected chi connectivity index (χ0v) is 11.0. The Morgan fingerprint density at radius 2 is 2.22 bits per heavy atom. The van der Waals surface area contributed by atoms with E-state index in [2.05, 4.69) is 22.2 Å². The van der Waals surface area contributed by atoms with E-state index >= 15 is 0 Å². The van der Waals surface area contributed by atoms with Crippen LogP contribution in [0.5, 0.6) is 0 Å². The lowest BCUT2D eigenvalue weighted by Gasteiger charge is -2.12. The minimum atomic E-state index is -0.493. The van der Waals surface area contributed by atoms with Gasteiger partial charge >= 0.3 is 5.69 Å². The predicted octanol–water partition coefficient (Wildman–Crippen LogP) is 2.47. The SMILES string of the molecule is CCSC1CCC(Nc2ncc([N+](=O)[O-])cn2)C1. The maximum absolute atomic E-state index is 10.5. The molecule has 2 atom stereocenters. The lowest BCUT2D eigenvalue weighted by Crippen LogP contribution is -2.17. The Morgan fingerprint density at radius 1 is 1.50 bits per heavy atom. The fourth-order valence-electron chi connectivity index (χ4n) is 2.13. The summed E-state index contributed by atoms with van der Waals surface area (Å²) >= 11 is 1.99. The Morgan fingerprint density at radius 3 is 2.83 bits per heavy atom. The quantitative estimate of drug-likeness (QED) is 0.652. The van der Waals surface area contributed by atoms with Gasteiger partial charge in [0.2, 0.25) is 5.95 Å². The molecule has 7 heteroatoms. The smallest absolute Gasteiger partial charge is 0.305 e. The van der Waals surface area contributed by atoms with Crippen molar-refractivity contribution < 1.29 is 4.92 Å². The van der Waals surface area contributed by atoms with Gasteiger partial charge in [0.05, 0.1) is 4.92 Å². The maximum atomic E-state index is 10.5. The standard InChI is InChI=1S/C11H16N4O2S/c1-2-18-10-4-3-8(5-10)14-11-12-6-9(7-13-11)15(16)17/h6-8,10H,2-5H2,1H3,(H,12,13,14). The Balaban J connectivity index is 1.88. The van der Waals surface area contributed by atoms with E-state index in [0.717, 1.165) is 18.6 Å². The van der Waals surface area contributed by atoms with Crippen molar-refractivity contribution in [1.82, 2.24) is 9.97 Å². The van der Waals surface area contributed by atoms with Gasteiger partial charge in [0, 0.05) is 11.3 Å². The van der Waals surface area contributed by atoms with Crippen LogP contribution in [0.1, 0.15) is 26.2 Å². The van der Waals surface area contributed by atoms with E-state index in [-0.39, 0.29) is 5.69 Å². The van der Waals surface area contributed by atoms with Gasteiger partial charge in [-0.3, -0.25) is 10.1 Å². The number of anilines is 1. The van der Waals surface area contributed by atoms with E-state index in [1.165, 1.54) is 18.8 Å². The summed E-state index contributed by atoms with van der Waals surface area (Å²) in [6.45, 7) is 2.17. The van der Waals surface area contributed by atoms with Crippen LogP contribution in [0, 0.1) is 10.1 Å². The van der Waals surface area contributed by atoms with Crippen molar-refractivity contribution in [3.8, 4) is 0 Å². The lowest BCUT2D eigenvalue weighted by molar-refractivity contribution is -0.385. The largest absolute Gasteiger partial charge is 0.351 e. The highest BCUT2D eigenvalue weighted by Gasteiger charge is 2.24. The molecular formula is C11H16N4O2S. The zero-order valence-electron chi connectivity index (χ0n) is 10.2. The number of rotatable bonds is 5. The van der Waals surface area contributed by atoms with Crippen LogP contribution in [0.2, 0.25) is 0 Å². The summed E-state index contributed by atoms with van der Waals surface area (Å²) in [5.41, 5.74) is -0.0774. The topological polar surface area (TPSA) is 81.0 Å². The fourth-order valence-corrected chi connectivity index (χ4v) is 3.27. The van der Waals surface area contributed by atoms with Crippen LogP contribution in [0.4, 0.5) is 11.6 Å². The van der Waals surface area contributed by atoms with Gasteiger partial charge in [-0.15, -0.1) is 0 Å². The molecule has 1 N–H and O–H groups in total. The van der Waals surface area contributed by atoms with Crippen LogP contribution in [-0.4, -0.2) is 31.9 Å². The molecule has 6 nitrogen and oxygen atoms in total. The number of nitrogens with zero attached hydrogens (tertiary/aromatic N) is 3. The Labute approximate surface area is 110 Å². The van der Waals surface area contributed by atoms with E-state index < -0.39 is 4.92 Å². The Bertz CT molecular complexity index is 412. The van der Waals surface area contributed by atoms with Crippen molar-refractivity contribution in [1.29, 1.82) is 0 Å². The Kier molecular flexibility index (Phi) is 4.35. The molecule has 1 aromatic heterocycles. The van der Waals surface area contributed by atoms with Crippen LogP contribution >= 0.6 is 11.8 Å². The van der Waals surface area contributed by atoms with Gasteiger partial charge in [-0.2, -0.15) is 11.8 Å². The molecule has 0 aromatic carbocycles.